The highest BCUT2D eigenvalue weighted by Crippen LogP contribution is 2.26. The number of aryl methyl sites for hydroxylation is 1. The van der Waals surface area contributed by atoms with Crippen molar-refractivity contribution in [1.29, 1.82) is 0 Å². The van der Waals surface area contributed by atoms with Crippen LogP contribution in [0.4, 0.5) is 0 Å². The maximum absolute atomic E-state index is 10.9. The van der Waals surface area contributed by atoms with Crippen molar-refractivity contribution in [3.63, 3.8) is 0 Å². The molecule has 0 aliphatic heterocycles. The van der Waals surface area contributed by atoms with Gasteiger partial charge in [-0.05, 0) is 72.6 Å². The second-order valence-electron chi connectivity index (χ2n) is 7.57. The maximum atomic E-state index is 10.9. The van der Waals surface area contributed by atoms with E-state index in [-0.39, 0.29) is 16.8 Å². The molecule has 0 bridgehead atoms. The van der Waals surface area contributed by atoms with E-state index in [1.807, 2.05) is 12.1 Å². The van der Waals surface area contributed by atoms with E-state index < -0.39 is 0 Å². The van der Waals surface area contributed by atoms with Crippen molar-refractivity contribution < 1.29 is 9.90 Å². The lowest BCUT2D eigenvalue weighted by molar-refractivity contribution is 0.0374. The van der Waals surface area contributed by atoms with E-state index in [1.54, 1.807) is 6.07 Å². The molecule has 0 heterocycles. The van der Waals surface area contributed by atoms with Crippen LogP contribution in [0, 0.1) is 0 Å². The van der Waals surface area contributed by atoms with Gasteiger partial charge in [-0.25, -0.2) is 0 Å². The Bertz CT molecular complexity index is 467. The van der Waals surface area contributed by atoms with Crippen LogP contribution in [0.25, 0.3) is 0 Å². The van der Waals surface area contributed by atoms with Gasteiger partial charge < -0.3 is 5.11 Å². The molecule has 1 aromatic carbocycles. The second-order valence-corrected chi connectivity index (χ2v) is 7.57. The van der Waals surface area contributed by atoms with Crippen molar-refractivity contribution in [3.05, 3.63) is 29.3 Å². The number of aldehydes is 1. The maximum Gasteiger partial charge on any atom is 0.153 e. The quantitative estimate of drug-likeness (QED) is 0.832. The van der Waals surface area contributed by atoms with Crippen molar-refractivity contribution in [2.24, 2.45) is 0 Å². The van der Waals surface area contributed by atoms with E-state index >= 15 is 0 Å². The van der Waals surface area contributed by atoms with Gasteiger partial charge in [-0.2, -0.15) is 0 Å². The Hall–Kier alpha value is -1.35. The Morgan fingerprint density at radius 1 is 1.10 bits per heavy atom. The fourth-order valence-corrected chi connectivity index (χ4v) is 3.01. The molecule has 0 aromatic heterocycles. The van der Waals surface area contributed by atoms with E-state index in [0.29, 0.717) is 11.8 Å². The fraction of sp³-hybridized carbons (Fsp3) is 0.611. The summed E-state index contributed by atoms with van der Waals surface area (Å²) in [7, 11) is 0. The average molecular weight is 291 g/mol. The Morgan fingerprint density at radius 3 is 2.14 bits per heavy atom. The lowest BCUT2D eigenvalue weighted by Crippen LogP contribution is -2.52. The Labute approximate surface area is 129 Å². The highest BCUT2D eigenvalue weighted by molar-refractivity contribution is 5.79. The van der Waals surface area contributed by atoms with Gasteiger partial charge in [-0.1, -0.05) is 12.1 Å². The first-order valence-electron chi connectivity index (χ1n) is 7.61. The monoisotopic (exact) mass is 291 g/mol. The molecule has 0 aliphatic rings. The van der Waals surface area contributed by atoms with E-state index in [4.69, 9.17) is 0 Å². The molecule has 21 heavy (non-hydrogen) atoms. The van der Waals surface area contributed by atoms with Gasteiger partial charge in [0.05, 0.1) is 5.56 Å². The molecule has 0 saturated heterocycles. The van der Waals surface area contributed by atoms with Crippen molar-refractivity contribution in [3.8, 4) is 5.75 Å². The molecule has 118 valence electrons. The third-order valence-corrected chi connectivity index (χ3v) is 3.73. The highest BCUT2D eigenvalue weighted by Gasteiger charge is 2.30. The highest BCUT2D eigenvalue weighted by atomic mass is 16.3. The van der Waals surface area contributed by atoms with Crippen LogP contribution in [0.1, 0.15) is 63.9 Å². The zero-order chi connectivity index (χ0) is 16.3. The largest absolute Gasteiger partial charge is 0.507 e. The van der Waals surface area contributed by atoms with Crippen LogP contribution in [0.5, 0.6) is 5.75 Å². The number of nitrogens with zero attached hydrogens (tertiary/aromatic N) is 1. The van der Waals surface area contributed by atoms with Crippen LogP contribution >= 0.6 is 0 Å². The number of rotatable bonds is 5. The van der Waals surface area contributed by atoms with Gasteiger partial charge >= 0.3 is 0 Å². The normalized spacial score (nSPS) is 12.7. The van der Waals surface area contributed by atoms with Crippen molar-refractivity contribution in [2.75, 3.05) is 6.54 Å². The lowest BCUT2D eigenvalue weighted by atomic mass is 9.95. The van der Waals surface area contributed by atoms with E-state index in [0.717, 1.165) is 24.9 Å². The third-order valence-electron chi connectivity index (χ3n) is 3.73. The number of phenols is 1. The van der Waals surface area contributed by atoms with Crippen LogP contribution < -0.4 is 0 Å². The van der Waals surface area contributed by atoms with Crippen molar-refractivity contribution in [2.45, 2.75) is 65.5 Å². The number of aromatic hydroxyl groups is 1. The number of hydrogen-bond acceptors (Lipinski definition) is 3. The summed E-state index contributed by atoms with van der Waals surface area (Å²) in [5.74, 6) is 0.130. The topological polar surface area (TPSA) is 40.5 Å². The van der Waals surface area contributed by atoms with Crippen LogP contribution in [-0.4, -0.2) is 33.9 Å². The molecular formula is C18H29NO2. The molecule has 1 aromatic rings. The third kappa shape index (κ3) is 4.85. The summed E-state index contributed by atoms with van der Waals surface area (Å²) in [6.45, 7) is 14.3. The van der Waals surface area contributed by atoms with Crippen LogP contribution in [-0.2, 0) is 6.42 Å². The van der Waals surface area contributed by atoms with Gasteiger partial charge in [0, 0.05) is 11.1 Å². The molecule has 3 nitrogen and oxygen atoms in total. The number of phenolic OH excluding ortho intramolecular Hbond substituents is 1. The summed E-state index contributed by atoms with van der Waals surface area (Å²) in [4.78, 5) is 13.3. The molecule has 0 unspecified atom stereocenters. The smallest absolute Gasteiger partial charge is 0.153 e. The van der Waals surface area contributed by atoms with Gasteiger partial charge in [0.2, 0.25) is 0 Å². The van der Waals surface area contributed by atoms with Crippen LogP contribution in [0.2, 0.25) is 0 Å². The number of hydrogen-bond donors (Lipinski definition) is 1. The fourth-order valence-electron chi connectivity index (χ4n) is 3.01. The van der Waals surface area contributed by atoms with Crippen LogP contribution in [0.15, 0.2) is 18.2 Å². The first-order chi connectivity index (χ1) is 9.57. The number of para-hydroxylation sites is 1. The van der Waals surface area contributed by atoms with Crippen LogP contribution in [0.3, 0.4) is 0 Å². The summed E-state index contributed by atoms with van der Waals surface area (Å²) < 4.78 is 0. The molecule has 0 aliphatic carbocycles. The van der Waals surface area contributed by atoms with E-state index in [1.165, 1.54) is 0 Å². The molecule has 0 amide bonds. The average Bonchev–Trinajstić information content (AvgIpc) is 2.33. The number of carbonyl (C=O) groups excluding carboxylic acids is 1. The Morgan fingerprint density at radius 2 is 1.67 bits per heavy atom. The van der Waals surface area contributed by atoms with E-state index in [9.17, 15) is 9.90 Å². The van der Waals surface area contributed by atoms with Gasteiger partial charge in [-0.3, -0.25) is 9.69 Å². The zero-order valence-electron chi connectivity index (χ0n) is 14.2. The minimum absolute atomic E-state index is 0.102. The molecule has 1 N–H and O–H groups in total. The Kier molecular flexibility index (Phi) is 5.57. The van der Waals surface area contributed by atoms with Gasteiger partial charge in [0.25, 0.3) is 0 Å². The summed E-state index contributed by atoms with van der Waals surface area (Å²) in [6.07, 6.45) is 2.43. The summed E-state index contributed by atoms with van der Waals surface area (Å²) in [5.41, 5.74) is 1.42. The minimum Gasteiger partial charge on any atom is -0.507 e. The molecule has 0 radical (unpaired) electrons. The number of carbonyl (C=O) groups is 1. The first kappa shape index (κ1) is 17.7. The molecular weight excluding hydrogens is 262 g/mol. The van der Waals surface area contributed by atoms with Crippen molar-refractivity contribution in [1.82, 2.24) is 4.90 Å². The summed E-state index contributed by atoms with van der Waals surface area (Å²) in [5, 5.41) is 10.0. The molecule has 0 saturated carbocycles. The minimum atomic E-state index is 0.102. The molecule has 0 atom stereocenters. The molecule has 3 heteroatoms. The predicted octanol–water partition coefficient (Wildman–Crippen LogP) is 4.04. The standard InChI is InChI=1S/C18H29NO2/c1-17(2,3)19(18(4,5)6)12-8-11-14-9-7-10-15(13-20)16(14)21/h7,9-10,13,21H,8,11-12H2,1-6H3. The van der Waals surface area contributed by atoms with Gasteiger partial charge in [-0.15, -0.1) is 0 Å². The van der Waals surface area contributed by atoms with Gasteiger partial charge in [0.1, 0.15) is 5.75 Å². The SMILES string of the molecule is CC(C)(C)N(CCCc1cccc(C=O)c1O)C(C)(C)C. The zero-order valence-corrected chi connectivity index (χ0v) is 14.2. The summed E-state index contributed by atoms with van der Waals surface area (Å²) >= 11 is 0. The predicted molar refractivity (Wildman–Crippen MR) is 88.0 cm³/mol. The van der Waals surface area contributed by atoms with Gasteiger partial charge in [0.15, 0.2) is 6.29 Å². The molecule has 0 spiro atoms. The molecule has 0 fully saturated rings. The number of benzene rings is 1. The van der Waals surface area contributed by atoms with E-state index in [2.05, 4.69) is 46.4 Å². The second kappa shape index (κ2) is 6.61. The lowest BCUT2D eigenvalue weighted by Gasteiger charge is -2.45. The first-order valence-corrected chi connectivity index (χ1v) is 7.61. The van der Waals surface area contributed by atoms with Crippen molar-refractivity contribution >= 4 is 6.29 Å². The Balaban J connectivity index is 2.74. The summed E-state index contributed by atoms with van der Waals surface area (Å²) in [6, 6.07) is 5.35. The molecule has 1 rings (SSSR count).